The molecule has 0 saturated heterocycles. The Bertz CT molecular complexity index is 546. The van der Waals surface area contributed by atoms with Crippen LogP contribution in [0.2, 0.25) is 0 Å². The number of anilines is 1. The number of ether oxygens (including phenoxy) is 1. The van der Waals surface area contributed by atoms with E-state index in [0.29, 0.717) is 23.6 Å². The Kier molecular flexibility index (Phi) is 3.22. The molecule has 0 bridgehead atoms. The lowest BCUT2D eigenvalue weighted by Crippen LogP contribution is -1.98. The molecule has 0 radical (unpaired) electrons. The highest BCUT2D eigenvalue weighted by Gasteiger charge is 2.03. The zero-order valence-electron chi connectivity index (χ0n) is 9.13. The van der Waals surface area contributed by atoms with Crippen molar-refractivity contribution in [2.45, 2.75) is 6.61 Å². The van der Waals surface area contributed by atoms with Crippen molar-refractivity contribution in [3.63, 3.8) is 0 Å². The Balaban J connectivity index is 2.12. The number of aromatic nitrogens is 1. The molecule has 1 aromatic heterocycles. The second kappa shape index (κ2) is 4.99. The smallest absolute Gasteiger partial charge is 0.137 e. The van der Waals surface area contributed by atoms with Crippen LogP contribution in [-0.4, -0.2) is 4.98 Å². The summed E-state index contributed by atoms with van der Waals surface area (Å²) in [5, 5.41) is 8.94. The number of nitrogen functional groups attached to an aromatic ring is 1. The largest absolute Gasteiger partial charge is 0.487 e. The molecule has 84 valence electrons. The fourth-order valence-corrected chi connectivity index (χ4v) is 1.41. The van der Waals surface area contributed by atoms with Gasteiger partial charge in [-0.25, -0.2) is 0 Å². The minimum absolute atomic E-state index is 0.381. The number of nitriles is 1. The molecule has 0 amide bonds. The van der Waals surface area contributed by atoms with E-state index in [1.54, 1.807) is 30.6 Å². The van der Waals surface area contributed by atoms with Crippen LogP contribution in [0.3, 0.4) is 0 Å². The summed E-state index contributed by atoms with van der Waals surface area (Å²) in [5.74, 6) is 0.533. The molecule has 0 aliphatic rings. The van der Waals surface area contributed by atoms with Crippen LogP contribution in [0, 0.1) is 11.3 Å². The average Bonchev–Trinajstić information content (AvgIpc) is 2.38. The fraction of sp³-hybridized carbons (Fsp3) is 0.0769. The van der Waals surface area contributed by atoms with Crippen LogP contribution in [-0.2, 0) is 6.61 Å². The van der Waals surface area contributed by atoms with Crippen LogP contribution in [0.1, 0.15) is 11.1 Å². The summed E-state index contributed by atoms with van der Waals surface area (Å²) in [6.45, 7) is 0.381. The summed E-state index contributed by atoms with van der Waals surface area (Å²) < 4.78 is 5.55. The summed E-state index contributed by atoms with van der Waals surface area (Å²) in [6, 6.07) is 10.8. The maximum Gasteiger partial charge on any atom is 0.137 e. The van der Waals surface area contributed by atoms with Gasteiger partial charge in [-0.1, -0.05) is 6.07 Å². The van der Waals surface area contributed by atoms with Crippen LogP contribution in [0.25, 0.3) is 0 Å². The van der Waals surface area contributed by atoms with Crippen molar-refractivity contribution in [3.05, 3.63) is 53.9 Å². The van der Waals surface area contributed by atoms with Crippen molar-refractivity contribution in [2.75, 3.05) is 5.73 Å². The van der Waals surface area contributed by atoms with Crippen molar-refractivity contribution < 1.29 is 4.74 Å². The standard InChI is InChI=1S/C13H11N3O/c14-7-11-6-12(15)3-4-13(11)17-9-10-2-1-5-16-8-10/h1-6,8H,9,15H2. The first-order valence-electron chi connectivity index (χ1n) is 5.11. The minimum Gasteiger partial charge on any atom is -0.487 e. The first-order chi connectivity index (χ1) is 8.29. The van der Waals surface area contributed by atoms with Crippen molar-refractivity contribution >= 4 is 5.69 Å². The van der Waals surface area contributed by atoms with E-state index in [2.05, 4.69) is 11.1 Å². The topological polar surface area (TPSA) is 71.9 Å². The molecular weight excluding hydrogens is 214 g/mol. The lowest BCUT2D eigenvalue weighted by molar-refractivity contribution is 0.305. The Morgan fingerprint density at radius 2 is 2.24 bits per heavy atom. The van der Waals surface area contributed by atoms with E-state index in [1.165, 1.54) is 0 Å². The maximum absolute atomic E-state index is 8.94. The van der Waals surface area contributed by atoms with Crippen LogP contribution in [0.15, 0.2) is 42.7 Å². The Labute approximate surface area is 99.3 Å². The lowest BCUT2D eigenvalue weighted by Gasteiger charge is -2.07. The predicted molar refractivity (Wildman–Crippen MR) is 64.1 cm³/mol. The molecule has 1 aromatic carbocycles. The van der Waals surface area contributed by atoms with Gasteiger partial charge in [-0.2, -0.15) is 5.26 Å². The number of hydrogen-bond donors (Lipinski definition) is 1. The van der Waals surface area contributed by atoms with Gasteiger partial charge in [0, 0.05) is 23.6 Å². The molecule has 2 aromatic rings. The van der Waals surface area contributed by atoms with Gasteiger partial charge < -0.3 is 10.5 Å². The lowest BCUT2D eigenvalue weighted by atomic mass is 10.2. The number of nitrogens with zero attached hydrogens (tertiary/aromatic N) is 2. The number of rotatable bonds is 3. The van der Waals surface area contributed by atoms with E-state index in [9.17, 15) is 0 Å². The van der Waals surface area contributed by atoms with Crippen LogP contribution < -0.4 is 10.5 Å². The molecule has 0 spiro atoms. The predicted octanol–water partition coefficient (Wildman–Crippen LogP) is 2.11. The highest BCUT2D eigenvalue weighted by Crippen LogP contribution is 2.21. The number of nitrogens with two attached hydrogens (primary N) is 1. The van der Waals surface area contributed by atoms with Crippen molar-refractivity contribution in [1.29, 1.82) is 5.26 Å². The molecule has 17 heavy (non-hydrogen) atoms. The summed E-state index contributed by atoms with van der Waals surface area (Å²) in [7, 11) is 0. The van der Waals surface area contributed by atoms with Crippen molar-refractivity contribution in [2.24, 2.45) is 0 Å². The molecule has 0 fully saturated rings. The Morgan fingerprint density at radius 3 is 2.94 bits per heavy atom. The fourth-order valence-electron chi connectivity index (χ4n) is 1.41. The second-order valence-electron chi connectivity index (χ2n) is 3.52. The Morgan fingerprint density at radius 1 is 1.35 bits per heavy atom. The average molecular weight is 225 g/mol. The number of pyridine rings is 1. The van der Waals surface area contributed by atoms with Gasteiger partial charge in [0.05, 0.1) is 5.56 Å². The highest BCUT2D eigenvalue weighted by molar-refractivity contribution is 5.53. The van der Waals surface area contributed by atoms with Gasteiger partial charge in [-0.3, -0.25) is 4.98 Å². The summed E-state index contributed by atoms with van der Waals surface area (Å²) in [5.41, 5.74) is 7.54. The highest BCUT2D eigenvalue weighted by atomic mass is 16.5. The molecule has 2 rings (SSSR count). The van der Waals surface area contributed by atoms with E-state index in [-0.39, 0.29) is 0 Å². The van der Waals surface area contributed by atoms with Gasteiger partial charge in [0.25, 0.3) is 0 Å². The molecule has 0 saturated carbocycles. The zero-order chi connectivity index (χ0) is 12.1. The number of benzene rings is 1. The normalized spacial score (nSPS) is 9.59. The Hall–Kier alpha value is -2.54. The molecule has 1 heterocycles. The van der Waals surface area contributed by atoms with Gasteiger partial charge in [-0.15, -0.1) is 0 Å². The minimum atomic E-state index is 0.381. The van der Waals surface area contributed by atoms with E-state index in [4.69, 9.17) is 15.7 Å². The molecule has 4 heteroatoms. The molecule has 2 N–H and O–H groups in total. The van der Waals surface area contributed by atoms with E-state index in [0.717, 1.165) is 5.56 Å². The summed E-state index contributed by atoms with van der Waals surface area (Å²) >= 11 is 0. The van der Waals surface area contributed by atoms with Crippen LogP contribution >= 0.6 is 0 Å². The van der Waals surface area contributed by atoms with Crippen molar-refractivity contribution in [1.82, 2.24) is 4.98 Å². The monoisotopic (exact) mass is 225 g/mol. The van der Waals surface area contributed by atoms with Crippen LogP contribution in [0.4, 0.5) is 5.69 Å². The molecule has 0 atom stereocenters. The van der Waals surface area contributed by atoms with Gasteiger partial charge in [0.2, 0.25) is 0 Å². The van der Waals surface area contributed by atoms with Gasteiger partial charge >= 0.3 is 0 Å². The molecular formula is C13H11N3O. The molecule has 0 aliphatic heterocycles. The first kappa shape index (κ1) is 11.0. The SMILES string of the molecule is N#Cc1cc(N)ccc1OCc1cccnc1. The second-order valence-corrected chi connectivity index (χ2v) is 3.52. The molecule has 4 nitrogen and oxygen atoms in total. The van der Waals surface area contributed by atoms with Gasteiger partial charge in [-0.05, 0) is 24.3 Å². The summed E-state index contributed by atoms with van der Waals surface area (Å²) in [6.07, 6.45) is 3.43. The summed E-state index contributed by atoms with van der Waals surface area (Å²) in [4.78, 5) is 3.99. The van der Waals surface area contributed by atoms with E-state index >= 15 is 0 Å². The van der Waals surface area contributed by atoms with Gasteiger partial charge in [0.1, 0.15) is 18.4 Å². The zero-order valence-corrected chi connectivity index (χ0v) is 9.13. The quantitative estimate of drug-likeness (QED) is 0.812. The number of hydrogen-bond acceptors (Lipinski definition) is 4. The van der Waals surface area contributed by atoms with E-state index < -0.39 is 0 Å². The van der Waals surface area contributed by atoms with Gasteiger partial charge in [0.15, 0.2) is 0 Å². The molecule has 0 aliphatic carbocycles. The third-order valence-electron chi connectivity index (χ3n) is 2.24. The third-order valence-corrected chi connectivity index (χ3v) is 2.24. The molecule has 0 unspecified atom stereocenters. The third kappa shape index (κ3) is 2.73. The van der Waals surface area contributed by atoms with E-state index in [1.807, 2.05) is 12.1 Å². The van der Waals surface area contributed by atoms with Crippen LogP contribution in [0.5, 0.6) is 5.75 Å². The van der Waals surface area contributed by atoms with Crippen molar-refractivity contribution in [3.8, 4) is 11.8 Å². The first-order valence-corrected chi connectivity index (χ1v) is 5.11. The maximum atomic E-state index is 8.94.